The highest BCUT2D eigenvalue weighted by Gasteiger charge is 2.16. The number of carbonyl (C=O) groups is 1. The zero-order valence-corrected chi connectivity index (χ0v) is 10.5. The van der Waals surface area contributed by atoms with Gasteiger partial charge < -0.3 is 5.11 Å². The van der Waals surface area contributed by atoms with Crippen molar-refractivity contribution in [2.24, 2.45) is 5.41 Å². The lowest BCUT2D eigenvalue weighted by molar-refractivity contribution is 0.0691. The number of allylic oxidation sites excluding steroid dienone is 6. The van der Waals surface area contributed by atoms with Crippen LogP contribution in [-0.4, -0.2) is 16.1 Å². The lowest BCUT2D eigenvalue weighted by Crippen LogP contribution is -2.02. The molecule has 0 spiro atoms. The molecule has 0 atom stereocenters. The zero-order chi connectivity index (χ0) is 12.5. The van der Waals surface area contributed by atoms with Gasteiger partial charge in [0.25, 0.3) is 0 Å². The third kappa shape index (κ3) is 2.71. The fourth-order valence-electron chi connectivity index (χ4n) is 1.60. The van der Waals surface area contributed by atoms with Crippen molar-refractivity contribution in [3.8, 4) is 0 Å². The first kappa shape index (κ1) is 11.8. The minimum Gasteiger partial charge on any atom is -0.476 e. The highest BCUT2D eigenvalue weighted by molar-refractivity contribution is 7.11. The Kier molecular flexibility index (Phi) is 2.98. The Morgan fingerprint density at radius 3 is 2.82 bits per heavy atom. The topological polar surface area (TPSA) is 50.2 Å². The molecule has 0 saturated heterocycles. The average Bonchev–Trinajstić information content (AvgIpc) is 2.65. The van der Waals surface area contributed by atoms with E-state index in [0.29, 0.717) is 0 Å². The summed E-state index contributed by atoms with van der Waals surface area (Å²) >= 11 is 1.36. The van der Waals surface area contributed by atoms with Crippen molar-refractivity contribution in [2.75, 3.05) is 0 Å². The Hall–Kier alpha value is -1.68. The molecule has 0 aromatic carbocycles. The van der Waals surface area contributed by atoms with E-state index in [1.807, 2.05) is 18.2 Å². The number of nitrogens with zero attached hydrogens (tertiary/aromatic N) is 1. The molecule has 0 radical (unpaired) electrons. The Balaban J connectivity index is 2.39. The van der Waals surface area contributed by atoms with E-state index in [1.165, 1.54) is 11.3 Å². The van der Waals surface area contributed by atoms with E-state index in [1.54, 1.807) is 5.38 Å². The van der Waals surface area contributed by atoms with Crippen molar-refractivity contribution >= 4 is 22.9 Å². The molecule has 0 amide bonds. The van der Waals surface area contributed by atoms with Gasteiger partial charge >= 0.3 is 5.97 Å². The number of hydrogen-bond donors (Lipinski definition) is 1. The Labute approximate surface area is 104 Å². The standard InChI is InChI=1S/C13H13NO2S/c1-13(2)6-4-3-5-9(7-13)11-14-10(8-17-11)12(15)16/h3-8H,1-2H3,(H,15,16). The van der Waals surface area contributed by atoms with Gasteiger partial charge in [-0.25, -0.2) is 9.78 Å². The van der Waals surface area contributed by atoms with Crippen LogP contribution in [0.5, 0.6) is 0 Å². The number of aromatic nitrogens is 1. The number of aromatic carboxylic acids is 1. The zero-order valence-electron chi connectivity index (χ0n) is 9.68. The molecule has 0 fully saturated rings. The van der Waals surface area contributed by atoms with Crippen molar-refractivity contribution in [2.45, 2.75) is 13.8 Å². The fraction of sp³-hybridized carbons (Fsp3) is 0.231. The lowest BCUT2D eigenvalue weighted by atomic mass is 9.91. The van der Waals surface area contributed by atoms with Gasteiger partial charge in [0.05, 0.1) is 0 Å². The minimum atomic E-state index is -0.983. The molecular formula is C13H13NO2S. The predicted molar refractivity (Wildman–Crippen MR) is 69.1 cm³/mol. The lowest BCUT2D eigenvalue weighted by Gasteiger charge is -2.14. The molecule has 88 valence electrons. The summed E-state index contributed by atoms with van der Waals surface area (Å²) in [7, 11) is 0. The number of hydrogen-bond acceptors (Lipinski definition) is 3. The summed E-state index contributed by atoms with van der Waals surface area (Å²) in [4.78, 5) is 14.9. The van der Waals surface area contributed by atoms with E-state index < -0.39 is 5.97 Å². The van der Waals surface area contributed by atoms with Crippen LogP contribution in [0.3, 0.4) is 0 Å². The van der Waals surface area contributed by atoms with Crippen LogP contribution in [0, 0.1) is 5.41 Å². The van der Waals surface area contributed by atoms with Crippen molar-refractivity contribution < 1.29 is 9.90 Å². The van der Waals surface area contributed by atoms with Crippen LogP contribution in [0.15, 0.2) is 35.8 Å². The maximum atomic E-state index is 10.8. The molecule has 17 heavy (non-hydrogen) atoms. The van der Waals surface area contributed by atoms with Crippen LogP contribution in [0.4, 0.5) is 0 Å². The summed E-state index contributed by atoms with van der Waals surface area (Å²) in [5, 5.41) is 11.2. The Morgan fingerprint density at radius 2 is 2.18 bits per heavy atom. The smallest absolute Gasteiger partial charge is 0.355 e. The van der Waals surface area contributed by atoms with Crippen LogP contribution >= 0.6 is 11.3 Å². The molecule has 4 heteroatoms. The summed E-state index contributed by atoms with van der Waals surface area (Å²) in [6.07, 6.45) is 10.1. The molecule has 2 rings (SSSR count). The van der Waals surface area contributed by atoms with E-state index in [9.17, 15) is 4.79 Å². The highest BCUT2D eigenvalue weighted by Crippen LogP contribution is 2.30. The maximum absolute atomic E-state index is 10.8. The molecule has 1 aromatic rings. The third-order valence-electron chi connectivity index (χ3n) is 2.41. The van der Waals surface area contributed by atoms with Crippen LogP contribution in [0.25, 0.3) is 5.57 Å². The van der Waals surface area contributed by atoms with Gasteiger partial charge in [0.2, 0.25) is 0 Å². The molecule has 1 heterocycles. The van der Waals surface area contributed by atoms with Gasteiger partial charge in [-0.15, -0.1) is 11.3 Å². The number of rotatable bonds is 2. The van der Waals surface area contributed by atoms with Crippen LogP contribution in [0.2, 0.25) is 0 Å². The summed E-state index contributed by atoms with van der Waals surface area (Å²) in [6.45, 7) is 4.20. The summed E-state index contributed by atoms with van der Waals surface area (Å²) in [5.41, 5.74) is 1.03. The van der Waals surface area contributed by atoms with Gasteiger partial charge in [0, 0.05) is 16.4 Å². The molecule has 1 N–H and O–H groups in total. The van der Waals surface area contributed by atoms with E-state index in [-0.39, 0.29) is 11.1 Å². The molecule has 1 aliphatic carbocycles. The van der Waals surface area contributed by atoms with Gasteiger partial charge in [-0.1, -0.05) is 44.2 Å². The average molecular weight is 247 g/mol. The van der Waals surface area contributed by atoms with Crippen LogP contribution < -0.4 is 0 Å². The fourth-order valence-corrected chi connectivity index (χ4v) is 2.39. The van der Waals surface area contributed by atoms with Gasteiger partial charge in [-0.05, 0) is 0 Å². The molecule has 0 aliphatic heterocycles. The SMILES string of the molecule is CC1(C)C=CC=CC(c2nc(C(=O)O)cs2)=C1. The molecule has 1 aliphatic rings. The second-order valence-corrected chi connectivity index (χ2v) is 5.34. The van der Waals surface area contributed by atoms with Gasteiger partial charge in [-0.2, -0.15) is 0 Å². The number of carboxylic acid groups (broad SMARTS) is 1. The van der Waals surface area contributed by atoms with E-state index >= 15 is 0 Å². The van der Waals surface area contributed by atoms with E-state index in [0.717, 1.165) is 10.6 Å². The second-order valence-electron chi connectivity index (χ2n) is 4.48. The predicted octanol–water partition coefficient (Wildman–Crippen LogP) is 3.38. The van der Waals surface area contributed by atoms with Gasteiger partial charge in [0.1, 0.15) is 5.01 Å². The van der Waals surface area contributed by atoms with Crippen molar-refractivity contribution in [1.82, 2.24) is 4.98 Å². The largest absolute Gasteiger partial charge is 0.476 e. The molecular weight excluding hydrogens is 234 g/mol. The van der Waals surface area contributed by atoms with E-state index in [4.69, 9.17) is 5.11 Å². The summed E-state index contributed by atoms with van der Waals surface area (Å²) < 4.78 is 0. The Morgan fingerprint density at radius 1 is 1.41 bits per heavy atom. The first-order valence-corrected chi connectivity index (χ1v) is 6.14. The molecule has 0 unspecified atom stereocenters. The summed E-state index contributed by atoms with van der Waals surface area (Å²) in [6, 6.07) is 0. The molecule has 3 nitrogen and oxygen atoms in total. The first-order valence-electron chi connectivity index (χ1n) is 5.26. The van der Waals surface area contributed by atoms with Crippen molar-refractivity contribution in [3.05, 3.63) is 46.5 Å². The molecule has 1 aromatic heterocycles. The van der Waals surface area contributed by atoms with Crippen LogP contribution in [0.1, 0.15) is 29.3 Å². The monoisotopic (exact) mass is 247 g/mol. The third-order valence-corrected chi connectivity index (χ3v) is 3.30. The first-order chi connectivity index (χ1) is 7.98. The molecule has 0 saturated carbocycles. The normalized spacial score (nSPS) is 17.6. The van der Waals surface area contributed by atoms with Gasteiger partial charge in [0.15, 0.2) is 5.69 Å². The van der Waals surface area contributed by atoms with Crippen molar-refractivity contribution in [3.63, 3.8) is 0 Å². The van der Waals surface area contributed by atoms with E-state index in [2.05, 4.69) is 31.0 Å². The van der Waals surface area contributed by atoms with Crippen LogP contribution in [-0.2, 0) is 0 Å². The maximum Gasteiger partial charge on any atom is 0.355 e. The Bertz CT molecular complexity index is 535. The van der Waals surface area contributed by atoms with Crippen molar-refractivity contribution in [1.29, 1.82) is 0 Å². The number of carboxylic acids is 1. The minimum absolute atomic E-state index is 0.0477. The summed E-state index contributed by atoms with van der Waals surface area (Å²) in [5.74, 6) is -0.983. The quantitative estimate of drug-likeness (QED) is 0.871. The molecule has 0 bridgehead atoms. The second kappa shape index (κ2) is 4.30. The number of thiazole rings is 1. The van der Waals surface area contributed by atoms with Gasteiger partial charge in [-0.3, -0.25) is 0 Å². The highest BCUT2D eigenvalue weighted by atomic mass is 32.1.